The van der Waals surface area contributed by atoms with Gasteiger partial charge in [0.1, 0.15) is 0 Å². The molecule has 0 saturated heterocycles. The molecular weight excluding hydrogens is 362 g/mol. The first-order valence-corrected chi connectivity index (χ1v) is 10.0. The molecule has 0 spiro atoms. The standard InChI is InChI=1S/C20H21N3O3S/c1-13(24)19-12-27-20(22(19)14-6-2-3-7-14)21-17-10-11-18(23(25)26)16-9-5-4-8-15(16)17/h4-5,8-14,24H,2-3,6-7H2,1H3/t13-/m1/s1. The first-order chi connectivity index (χ1) is 13.1. The molecule has 4 rings (SSSR count). The second kappa shape index (κ2) is 7.25. The average molecular weight is 383 g/mol. The van der Waals surface area contributed by atoms with Gasteiger partial charge in [0.25, 0.3) is 5.69 Å². The van der Waals surface area contributed by atoms with Crippen LogP contribution in [0.3, 0.4) is 0 Å². The molecule has 1 fully saturated rings. The van der Waals surface area contributed by atoms with Crippen LogP contribution in [0.15, 0.2) is 46.8 Å². The molecule has 0 radical (unpaired) electrons. The third-order valence-corrected chi connectivity index (χ3v) is 6.04. The van der Waals surface area contributed by atoms with Gasteiger partial charge in [-0.15, -0.1) is 11.3 Å². The fourth-order valence-electron chi connectivity index (χ4n) is 3.87. The number of hydrogen-bond acceptors (Lipinski definition) is 5. The van der Waals surface area contributed by atoms with Crippen molar-refractivity contribution in [3.8, 4) is 0 Å². The van der Waals surface area contributed by atoms with Gasteiger partial charge in [0, 0.05) is 22.9 Å². The Morgan fingerprint density at radius 3 is 2.59 bits per heavy atom. The lowest BCUT2D eigenvalue weighted by molar-refractivity contribution is -0.383. The Hall–Kier alpha value is -2.51. The molecule has 1 aliphatic rings. The topological polar surface area (TPSA) is 80.7 Å². The quantitative estimate of drug-likeness (QED) is 0.508. The van der Waals surface area contributed by atoms with Gasteiger partial charge in [-0.05, 0) is 31.9 Å². The number of thiazole rings is 1. The Balaban J connectivity index is 1.93. The molecular formula is C20H21N3O3S. The molecule has 27 heavy (non-hydrogen) atoms. The number of fused-ring (bicyclic) bond motifs is 1. The minimum absolute atomic E-state index is 0.0871. The fraction of sp³-hybridized carbons (Fsp3) is 0.350. The maximum atomic E-state index is 11.3. The van der Waals surface area contributed by atoms with Crippen LogP contribution in [-0.4, -0.2) is 14.6 Å². The molecule has 0 unspecified atom stereocenters. The van der Waals surface area contributed by atoms with Gasteiger partial charge in [0.15, 0.2) is 4.80 Å². The molecule has 140 valence electrons. The van der Waals surface area contributed by atoms with E-state index in [9.17, 15) is 15.2 Å². The summed E-state index contributed by atoms with van der Waals surface area (Å²) in [4.78, 5) is 16.7. The van der Waals surface area contributed by atoms with E-state index in [1.54, 1.807) is 25.1 Å². The minimum atomic E-state index is -0.556. The Labute approximate surface area is 160 Å². The fourth-order valence-corrected chi connectivity index (χ4v) is 4.93. The molecule has 0 amide bonds. The summed E-state index contributed by atoms with van der Waals surface area (Å²) in [5, 5.41) is 24.8. The van der Waals surface area contributed by atoms with E-state index in [4.69, 9.17) is 4.99 Å². The van der Waals surface area contributed by atoms with Crippen molar-refractivity contribution in [3.05, 3.63) is 62.4 Å². The predicted octanol–water partition coefficient (Wildman–Crippen LogP) is 5.01. The number of rotatable bonds is 4. The highest BCUT2D eigenvalue weighted by atomic mass is 32.1. The van der Waals surface area contributed by atoms with E-state index < -0.39 is 6.10 Å². The second-order valence-corrected chi connectivity index (χ2v) is 7.78. The molecule has 1 aromatic heterocycles. The first-order valence-electron chi connectivity index (χ1n) is 9.15. The van der Waals surface area contributed by atoms with E-state index >= 15 is 0 Å². The summed E-state index contributed by atoms with van der Waals surface area (Å²) >= 11 is 1.51. The molecule has 0 aliphatic heterocycles. The monoisotopic (exact) mass is 383 g/mol. The number of nitrogens with zero attached hydrogens (tertiary/aromatic N) is 3. The number of non-ortho nitro benzene ring substituents is 1. The van der Waals surface area contributed by atoms with Crippen LogP contribution in [0.2, 0.25) is 0 Å². The van der Waals surface area contributed by atoms with Crippen LogP contribution in [0.1, 0.15) is 50.4 Å². The number of aromatic nitrogens is 1. The Bertz CT molecular complexity index is 1060. The summed E-state index contributed by atoms with van der Waals surface area (Å²) in [5.74, 6) is 0. The molecule has 1 N–H and O–H groups in total. The van der Waals surface area contributed by atoms with Crippen molar-refractivity contribution in [2.45, 2.75) is 44.8 Å². The third kappa shape index (κ3) is 3.28. The zero-order valence-electron chi connectivity index (χ0n) is 15.0. The lowest BCUT2D eigenvalue weighted by atomic mass is 10.1. The van der Waals surface area contributed by atoms with Crippen LogP contribution in [0.25, 0.3) is 10.8 Å². The number of aliphatic hydroxyl groups is 1. The summed E-state index contributed by atoms with van der Waals surface area (Å²) in [6, 6.07) is 10.9. The smallest absolute Gasteiger partial charge is 0.277 e. The van der Waals surface area contributed by atoms with Crippen molar-refractivity contribution in [1.82, 2.24) is 4.57 Å². The van der Waals surface area contributed by atoms with Crippen LogP contribution < -0.4 is 4.80 Å². The van der Waals surface area contributed by atoms with Crippen LogP contribution in [0, 0.1) is 10.1 Å². The summed E-state index contributed by atoms with van der Waals surface area (Å²) in [5.41, 5.74) is 1.68. The number of aliphatic hydroxyl groups excluding tert-OH is 1. The molecule has 6 nitrogen and oxygen atoms in total. The number of nitro groups is 1. The summed E-state index contributed by atoms with van der Waals surface area (Å²) in [6.45, 7) is 1.78. The Morgan fingerprint density at radius 2 is 1.93 bits per heavy atom. The maximum absolute atomic E-state index is 11.3. The van der Waals surface area contributed by atoms with Crippen LogP contribution >= 0.6 is 11.3 Å². The van der Waals surface area contributed by atoms with Gasteiger partial charge in [-0.25, -0.2) is 4.99 Å². The molecule has 1 aliphatic carbocycles. The van der Waals surface area contributed by atoms with E-state index in [1.807, 2.05) is 17.5 Å². The van der Waals surface area contributed by atoms with Gasteiger partial charge in [0.2, 0.25) is 0 Å². The zero-order chi connectivity index (χ0) is 19.0. The molecule has 3 aromatic rings. The number of benzene rings is 2. The van der Waals surface area contributed by atoms with Crippen molar-refractivity contribution < 1.29 is 10.0 Å². The predicted molar refractivity (Wildman–Crippen MR) is 106 cm³/mol. The largest absolute Gasteiger partial charge is 0.387 e. The molecule has 1 atom stereocenters. The van der Waals surface area contributed by atoms with Gasteiger partial charge >= 0.3 is 0 Å². The molecule has 7 heteroatoms. The van der Waals surface area contributed by atoms with Crippen molar-refractivity contribution in [3.63, 3.8) is 0 Å². The summed E-state index contributed by atoms with van der Waals surface area (Å²) in [6.07, 6.45) is 3.99. The maximum Gasteiger partial charge on any atom is 0.277 e. The van der Waals surface area contributed by atoms with E-state index in [1.165, 1.54) is 30.2 Å². The number of hydrogen-bond donors (Lipinski definition) is 1. The van der Waals surface area contributed by atoms with E-state index in [-0.39, 0.29) is 10.6 Å². The van der Waals surface area contributed by atoms with Crippen LogP contribution in [0.5, 0.6) is 0 Å². The highest BCUT2D eigenvalue weighted by Gasteiger charge is 2.22. The van der Waals surface area contributed by atoms with Gasteiger partial charge in [-0.3, -0.25) is 10.1 Å². The van der Waals surface area contributed by atoms with E-state index in [2.05, 4.69) is 4.57 Å². The molecule has 1 heterocycles. The van der Waals surface area contributed by atoms with Gasteiger partial charge < -0.3 is 9.67 Å². The summed E-state index contributed by atoms with van der Waals surface area (Å²) in [7, 11) is 0. The van der Waals surface area contributed by atoms with Crippen molar-refractivity contribution in [1.29, 1.82) is 0 Å². The van der Waals surface area contributed by atoms with E-state index in [0.717, 1.165) is 28.7 Å². The highest BCUT2D eigenvalue weighted by molar-refractivity contribution is 7.07. The summed E-state index contributed by atoms with van der Waals surface area (Å²) < 4.78 is 2.17. The van der Waals surface area contributed by atoms with Gasteiger partial charge in [0.05, 0.1) is 27.8 Å². The lowest BCUT2D eigenvalue weighted by Gasteiger charge is -2.17. The lowest BCUT2D eigenvalue weighted by Crippen LogP contribution is -2.22. The third-order valence-electron chi connectivity index (χ3n) is 5.18. The minimum Gasteiger partial charge on any atom is -0.387 e. The first kappa shape index (κ1) is 17.9. The van der Waals surface area contributed by atoms with Crippen LogP contribution in [-0.2, 0) is 0 Å². The molecule has 0 bridgehead atoms. The molecule has 1 saturated carbocycles. The normalized spacial score (nSPS) is 16.9. The van der Waals surface area contributed by atoms with Crippen molar-refractivity contribution >= 4 is 33.5 Å². The van der Waals surface area contributed by atoms with Crippen LogP contribution in [0.4, 0.5) is 11.4 Å². The van der Waals surface area contributed by atoms with E-state index in [0.29, 0.717) is 17.1 Å². The Morgan fingerprint density at radius 1 is 1.22 bits per heavy atom. The van der Waals surface area contributed by atoms with Crippen molar-refractivity contribution in [2.75, 3.05) is 0 Å². The highest BCUT2D eigenvalue weighted by Crippen LogP contribution is 2.34. The average Bonchev–Trinajstić information content (AvgIpc) is 3.31. The van der Waals surface area contributed by atoms with Gasteiger partial charge in [-0.2, -0.15) is 0 Å². The Kier molecular flexibility index (Phi) is 4.80. The second-order valence-electron chi connectivity index (χ2n) is 6.95. The number of nitro benzene ring substituents is 1. The SMILES string of the molecule is C[C@@H](O)c1csc(=Nc2ccc([N+](=O)[O-])c3ccccc23)n1C1CCCC1. The van der Waals surface area contributed by atoms with Gasteiger partial charge in [-0.1, -0.05) is 31.0 Å². The van der Waals surface area contributed by atoms with Crippen molar-refractivity contribution in [2.24, 2.45) is 4.99 Å². The molecule has 2 aromatic carbocycles. The zero-order valence-corrected chi connectivity index (χ0v) is 15.9.